The van der Waals surface area contributed by atoms with Gasteiger partial charge in [0.2, 0.25) is 0 Å². The van der Waals surface area contributed by atoms with Gasteiger partial charge in [0, 0.05) is 10.6 Å². The molecule has 0 radical (unpaired) electrons. The minimum absolute atomic E-state index is 0.0600. The molecule has 0 bridgehead atoms. The van der Waals surface area contributed by atoms with Crippen LogP contribution in [0.25, 0.3) is 0 Å². The van der Waals surface area contributed by atoms with Crippen LogP contribution in [0.3, 0.4) is 0 Å². The number of aliphatic carboxylic acids is 1. The highest BCUT2D eigenvalue weighted by Gasteiger charge is 2.13. The maximum atomic E-state index is 11.7. The van der Waals surface area contributed by atoms with Gasteiger partial charge in [0.1, 0.15) is 11.5 Å². The van der Waals surface area contributed by atoms with Gasteiger partial charge in [-0.1, -0.05) is 11.6 Å². The predicted octanol–water partition coefficient (Wildman–Crippen LogP) is 1.16. The van der Waals surface area contributed by atoms with Gasteiger partial charge in [-0.2, -0.15) is 5.10 Å². The Kier molecular flexibility index (Phi) is 6.75. The summed E-state index contributed by atoms with van der Waals surface area (Å²) < 4.78 is 10.1. The molecule has 2 amide bonds. The fourth-order valence-corrected chi connectivity index (χ4v) is 1.94. The van der Waals surface area contributed by atoms with Crippen molar-refractivity contribution in [3.63, 3.8) is 0 Å². The van der Waals surface area contributed by atoms with Crippen LogP contribution < -0.4 is 15.5 Å². The van der Waals surface area contributed by atoms with Crippen molar-refractivity contribution in [3.05, 3.63) is 52.9 Å². The van der Waals surface area contributed by atoms with Crippen LogP contribution >= 0.6 is 11.6 Å². The van der Waals surface area contributed by atoms with Crippen molar-refractivity contribution in [2.45, 2.75) is 6.54 Å². The highest BCUT2D eigenvalue weighted by atomic mass is 35.5. The van der Waals surface area contributed by atoms with E-state index in [1.807, 2.05) is 5.43 Å². The number of nitrogens with zero attached hydrogens (tertiary/aromatic N) is 1. The Labute approximate surface area is 152 Å². The van der Waals surface area contributed by atoms with Gasteiger partial charge in [-0.05, 0) is 30.3 Å². The summed E-state index contributed by atoms with van der Waals surface area (Å²) >= 11 is 5.87. The molecule has 0 aliphatic rings. The van der Waals surface area contributed by atoms with Gasteiger partial charge < -0.3 is 19.6 Å². The van der Waals surface area contributed by atoms with E-state index in [-0.39, 0.29) is 12.3 Å². The number of carbonyl (C=O) groups excluding carboxylic acids is 2. The minimum atomic E-state index is -1.15. The maximum Gasteiger partial charge on any atom is 0.341 e. The van der Waals surface area contributed by atoms with Gasteiger partial charge in [0.15, 0.2) is 6.61 Å². The fraction of sp³-hybridized carbons (Fsp3) is 0.125. The third-order valence-corrected chi connectivity index (χ3v) is 3.14. The molecule has 0 fully saturated rings. The van der Waals surface area contributed by atoms with E-state index in [0.717, 1.165) is 0 Å². The number of rotatable bonds is 7. The topological polar surface area (TPSA) is 130 Å². The number of halogens is 1. The summed E-state index contributed by atoms with van der Waals surface area (Å²) in [7, 11) is 0. The van der Waals surface area contributed by atoms with Gasteiger partial charge in [-0.3, -0.25) is 9.59 Å². The second-order valence-electron chi connectivity index (χ2n) is 4.83. The van der Waals surface area contributed by atoms with Crippen LogP contribution in [0.4, 0.5) is 0 Å². The highest BCUT2D eigenvalue weighted by Crippen LogP contribution is 2.21. The Bertz CT molecular complexity index is 819. The normalized spacial score (nSPS) is 10.5. The molecule has 3 N–H and O–H groups in total. The number of benzene rings is 1. The van der Waals surface area contributed by atoms with Gasteiger partial charge >= 0.3 is 17.8 Å². The van der Waals surface area contributed by atoms with E-state index in [1.54, 1.807) is 12.1 Å². The van der Waals surface area contributed by atoms with Crippen molar-refractivity contribution < 1.29 is 28.6 Å². The first-order valence-corrected chi connectivity index (χ1v) is 7.61. The molecule has 0 aliphatic heterocycles. The van der Waals surface area contributed by atoms with E-state index in [0.29, 0.717) is 16.3 Å². The summed E-state index contributed by atoms with van der Waals surface area (Å²) in [5.41, 5.74) is 2.37. The molecule has 0 saturated carbocycles. The molecule has 1 aromatic heterocycles. The third kappa shape index (κ3) is 5.95. The maximum absolute atomic E-state index is 11.7. The van der Waals surface area contributed by atoms with Gasteiger partial charge in [-0.15, -0.1) is 0 Å². The number of furan rings is 1. The van der Waals surface area contributed by atoms with E-state index in [1.165, 1.54) is 30.7 Å². The monoisotopic (exact) mass is 379 g/mol. The van der Waals surface area contributed by atoms with Crippen LogP contribution in [-0.4, -0.2) is 35.7 Å². The van der Waals surface area contributed by atoms with Gasteiger partial charge in [0.25, 0.3) is 0 Å². The van der Waals surface area contributed by atoms with Gasteiger partial charge in [0.05, 0.1) is 19.0 Å². The summed E-state index contributed by atoms with van der Waals surface area (Å²) in [6.07, 6.45) is 2.63. The van der Waals surface area contributed by atoms with Crippen LogP contribution in [0.5, 0.6) is 5.75 Å². The summed E-state index contributed by atoms with van der Waals surface area (Å²) in [5.74, 6) is -2.33. The number of hydrazone groups is 1. The van der Waals surface area contributed by atoms with Crippen LogP contribution in [0.1, 0.15) is 11.3 Å². The van der Waals surface area contributed by atoms with Crippen molar-refractivity contribution in [2.75, 3.05) is 6.61 Å². The zero-order valence-corrected chi connectivity index (χ0v) is 14.0. The molecule has 136 valence electrons. The summed E-state index contributed by atoms with van der Waals surface area (Å²) in [6, 6.07) is 7.74. The van der Waals surface area contributed by atoms with Crippen molar-refractivity contribution in [2.24, 2.45) is 5.10 Å². The molecule has 9 nitrogen and oxygen atoms in total. The molecule has 10 heteroatoms. The third-order valence-electron chi connectivity index (χ3n) is 2.90. The first-order chi connectivity index (χ1) is 12.5. The summed E-state index contributed by atoms with van der Waals surface area (Å²) in [6.45, 7) is -0.492. The van der Waals surface area contributed by atoms with Crippen LogP contribution in [0.15, 0.2) is 46.1 Å². The number of amides is 2. The number of hydrogen-bond acceptors (Lipinski definition) is 6. The number of carboxylic acids is 1. The first kappa shape index (κ1) is 19.0. The molecule has 2 aromatic rings. The first-order valence-electron chi connectivity index (χ1n) is 7.23. The Morgan fingerprint density at radius 1 is 1.27 bits per heavy atom. The Balaban J connectivity index is 1.92. The SMILES string of the molecule is O=C(O)COc1ccc(Cl)cc1/C=N\NC(=O)C(=O)NCc1ccco1. The fourth-order valence-electron chi connectivity index (χ4n) is 1.76. The van der Waals surface area contributed by atoms with Crippen LogP contribution in [-0.2, 0) is 20.9 Å². The van der Waals surface area contributed by atoms with Crippen molar-refractivity contribution in [3.8, 4) is 5.75 Å². The molecule has 0 spiro atoms. The average Bonchev–Trinajstić information content (AvgIpc) is 3.12. The van der Waals surface area contributed by atoms with E-state index < -0.39 is 24.4 Å². The van der Waals surface area contributed by atoms with Crippen molar-refractivity contribution >= 4 is 35.6 Å². The molecule has 1 heterocycles. The average molecular weight is 380 g/mol. The molecule has 26 heavy (non-hydrogen) atoms. The zero-order valence-electron chi connectivity index (χ0n) is 13.3. The van der Waals surface area contributed by atoms with Crippen LogP contribution in [0, 0.1) is 0 Å². The smallest absolute Gasteiger partial charge is 0.341 e. The lowest BCUT2D eigenvalue weighted by Crippen LogP contribution is -2.37. The predicted molar refractivity (Wildman–Crippen MR) is 90.9 cm³/mol. The minimum Gasteiger partial charge on any atom is -0.481 e. The lowest BCUT2D eigenvalue weighted by Gasteiger charge is -2.07. The summed E-state index contributed by atoms with van der Waals surface area (Å²) in [4.78, 5) is 33.9. The summed E-state index contributed by atoms with van der Waals surface area (Å²) in [5, 5.41) is 15.0. The van der Waals surface area contributed by atoms with Crippen molar-refractivity contribution in [1.29, 1.82) is 0 Å². The number of nitrogens with one attached hydrogen (secondary N) is 2. The molecule has 2 rings (SSSR count). The zero-order chi connectivity index (χ0) is 18.9. The number of carbonyl (C=O) groups is 3. The van der Waals surface area contributed by atoms with E-state index in [2.05, 4.69) is 10.4 Å². The lowest BCUT2D eigenvalue weighted by molar-refractivity contribution is -0.139. The Hall–Kier alpha value is -3.33. The molecule has 1 aromatic carbocycles. The highest BCUT2D eigenvalue weighted by molar-refractivity contribution is 6.35. The van der Waals surface area contributed by atoms with E-state index >= 15 is 0 Å². The second-order valence-corrected chi connectivity index (χ2v) is 5.26. The largest absolute Gasteiger partial charge is 0.481 e. The molecule has 0 atom stereocenters. The molecular weight excluding hydrogens is 366 g/mol. The molecular formula is C16H14ClN3O6. The van der Waals surface area contributed by atoms with E-state index in [9.17, 15) is 14.4 Å². The van der Waals surface area contributed by atoms with E-state index in [4.69, 9.17) is 25.9 Å². The molecule has 0 saturated heterocycles. The standard InChI is InChI=1S/C16H14ClN3O6/c17-11-3-4-13(26-9-14(21)22)10(6-11)7-19-20-16(24)15(23)18-8-12-2-1-5-25-12/h1-7H,8-9H2,(H,18,23)(H,20,24)(H,21,22)/b19-7-. The molecule has 0 unspecified atom stereocenters. The number of hydrogen-bond donors (Lipinski definition) is 3. The molecule has 0 aliphatic carbocycles. The number of ether oxygens (including phenoxy) is 1. The van der Waals surface area contributed by atoms with Crippen LogP contribution in [0.2, 0.25) is 5.02 Å². The Morgan fingerprint density at radius 3 is 2.77 bits per heavy atom. The van der Waals surface area contributed by atoms with Crippen molar-refractivity contribution in [1.82, 2.24) is 10.7 Å². The quantitative estimate of drug-likeness (QED) is 0.376. The number of carboxylic acid groups (broad SMARTS) is 1. The second kappa shape index (κ2) is 9.23. The van der Waals surface area contributed by atoms with Gasteiger partial charge in [-0.25, -0.2) is 10.2 Å². The lowest BCUT2D eigenvalue weighted by atomic mass is 10.2. The Morgan fingerprint density at radius 2 is 2.08 bits per heavy atom.